The number of thiophene rings is 1. The Labute approximate surface area is 166 Å². The number of aromatic nitrogens is 2. The second-order valence-electron chi connectivity index (χ2n) is 5.32. The van der Waals surface area contributed by atoms with Gasteiger partial charge in [0.25, 0.3) is 0 Å². The summed E-state index contributed by atoms with van der Waals surface area (Å²) < 4.78 is 0.684. The van der Waals surface area contributed by atoms with E-state index in [9.17, 15) is 0 Å². The summed E-state index contributed by atoms with van der Waals surface area (Å²) in [6.07, 6.45) is 7.06. The third kappa shape index (κ3) is 6.20. The molecule has 0 unspecified atom stereocenters. The highest BCUT2D eigenvalue weighted by Crippen LogP contribution is 2.18. The van der Waals surface area contributed by atoms with Gasteiger partial charge in [0.2, 0.25) is 0 Å². The summed E-state index contributed by atoms with van der Waals surface area (Å²) >= 11 is 4.93. The normalized spacial score (nSPS) is 12.5. The number of amidine groups is 1. The first-order valence-corrected chi connectivity index (χ1v) is 9.54. The van der Waals surface area contributed by atoms with E-state index in [2.05, 4.69) is 54.0 Å². The van der Waals surface area contributed by atoms with Crippen LogP contribution in [-0.2, 0) is 6.54 Å². The first-order valence-electron chi connectivity index (χ1n) is 7.87. The van der Waals surface area contributed by atoms with Crippen molar-refractivity contribution in [2.75, 3.05) is 14.1 Å². The summed E-state index contributed by atoms with van der Waals surface area (Å²) in [5.41, 5.74) is 2.64. The Morgan fingerprint density at radius 1 is 1.42 bits per heavy atom. The minimum Gasteiger partial charge on any atom is -0.387 e. The number of hydrogen-bond donors (Lipinski definition) is 1. The molecule has 1 N–H and O–H groups in total. The highest BCUT2D eigenvalue weighted by molar-refractivity contribution is 9.12. The van der Waals surface area contributed by atoms with E-state index in [1.54, 1.807) is 35.0 Å². The number of allylic oxidation sites excluding steroid dienone is 1. The Morgan fingerprint density at radius 3 is 2.81 bits per heavy atom. The van der Waals surface area contributed by atoms with Gasteiger partial charge in [0.05, 0.1) is 40.9 Å². The molecule has 0 fully saturated rings. The smallest absolute Gasteiger partial charge is 0.146 e. The van der Waals surface area contributed by atoms with Crippen molar-refractivity contribution in [3.63, 3.8) is 0 Å². The molecule has 2 rings (SSSR count). The van der Waals surface area contributed by atoms with Gasteiger partial charge in [0.1, 0.15) is 5.84 Å². The van der Waals surface area contributed by atoms with Crippen LogP contribution in [0.5, 0.6) is 0 Å². The van der Waals surface area contributed by atoms with Gasteiger partial charge in [0, 0.05) is 30.9 Å². The number of nitrogens with one attached hydrogen (secondary N) is 1. The van der Waals surface area contributed by atoms with Crippen molar-refractivity contribution < 1.29 is 0 Å². The van der Waals surface area contributed by atoms with Gasteiger partial charge >= 0.3 is 0 Å². The summed E-state index contributed by atoms with van der Waals surface area (Å²) in [5, 5.41) is 11.3. The maximum Gasteiger partial charge on any atom is 0.146 e. The highest BCUT2D eigenvalue weighted by atomic mass is 79.9. The number of aliphatic imine (C=N–C) groups is 1. The SMILES string of the molecule is C=C(Br)/C=N\N(C)C(C=C(NC)c1cccs1)=NCc1cnc(C)cn1. The summed E-state index contributed by atoms with van der Waals surface area (Å²) in [6.45, 7) is 6.08. The van der Waals surface area contributed by atoms with Crippen LogP contribution in [0.4, 0.5) is 0 Å². The molecule has 0 saturated heterocycles. The van der Waals surface area contributed by atoms with Crippen molar-refractivity contribution in [3.05, 3.63) is 63.3 Å². The van der Waals surface area contributed by atoms with E-state index in [0.717, 1.165) is 22.0 Å². The molecule has 136 valence electrons. The van der Waals surface area contributed by atoms with Gasteiger partial charge in [-0.2, -0.15) is 5.10 Å². The Balaban J connectivity index is 2.32. The van der Waals surface area contributed by atoms with E-state index >= 15 is 0 Å². The quantitative estimate of drug-likeness (QED) is 0.410. The van der Waals surface area contributed by atoms with E-state index in [-0.39, 0.29) is 0 Å². The Hall–Kier alpha value is -2.32. The molecule has 6 nitrogen and oxygen atoms in total. The largest absolute Gasteiger partial charge is 0.387 e. The molecule has 0 spiro atoms. The number of halogens is 1. The van der Waals surface area contributed by atoms with Crippen LogP contribution in [0.25, 0.3) is 5.70 Å². The fourth-order valence-corrected chi connectivity index (χ4v) is 2.78. The molecule has 2 aromatic heterocycles. The van der Waals surface area contributed by atoms with Crippen LogP contribution in [0.2, 0.25) is 0 Å². The molecule has 0 aliphatic heterocycles. The van der Waals surface area contributed by atoms with Crippen molar-refractivity contribution in [2.45, 2.75) is 13.5 Å². The second-order valence-corrected chi connectivity index (χ2v) is 7.29. The maximum atomic E-state index is 4.67. The topological polar surface area (TPSA) is 65.8 Å². The van der Waals surface area contributed by atoms with E-state index in [1.165, 1.54) is 0 Å². The van der Waals surface area contributed by atoms with Crippen molar-refractivity contribution in [1.82, 2.24) is 20.3 Å². The van der Waals surface area contributed by atoms with Crippen LogP contribution in [-0.4, -0.2) is 41.1 Å². The molecule has 0 aromatic carbocycles. The van der Waals surface area contributed by atoms with Crippen LogP contribution in [0.3, 0.4) is 0 Å². The van der Waals surface area contributed by atoms with Gasteiger partial charge in [-0.05, 0) is 34.3 Å². The molecule has 0 atom stereocenters. The first kappa shape index (κ1) is 20.0. The van der Waals surface area contributed by atoms with E-state index in [0.29, 0.717) is 16.9 Å². The molecule has 0 aliphatic carbocycles. The minimum atomic E-state index is 0.412. The van der Waals surface area contributed by atoms with Crippen LogP contribution < -0.4 is 5.32 Å². The summed E-state index contributed by atoms with van der Waals surface area (Å²) in [6, 6.07) is 4.07. The first-order chi connectivity index (χ1) is 12.5. The van der Waals surface area contributed by atoms with Gasteiger partial charge in [-0.15, -0.1) is 11.3 Å². The maximum absolute atomic E-state index is 4.67. The third-order valence-corrected chi connectivity index (χ3v) is 4.38. The Morgan fingerprint density at radius 2 is 2.23 bits per heavy atom. The lowest BCUT2D eigenvalue weighted by molar-refractivity contribution is 0.547. The Bertz CT molecular complexity index is 809. The monoisotopic (exact) mass is 432 g/mol. The fraction of sp³-hybridized carbons (Fsp3) is 0.222. The number of likely N-dealkylation sites (N-methyl/N-ethyl adjacent to an activating group) is 1. The van der Waals surface area contributed by atoms with Crippen LogP contribution >= 0.6 is 27.3 Å². The number of nitrogens with zero attached hydrogens (tertiary/aromatic N) is 5. The molecule has 0 bridgehead atoms. The van der Waals surface area contributed by atoms with Crippen molar-refractivity contribution in [1.29, 1.82) is 0 Å². The van der Waals surface area contributed by atoms with Crippen molar-refractivity contribution in [2.24, 2.45) is 10.1 Å². The second kappa shape index (κ2) is 9.98. The molecule has 0 saturated carbocycles. The summed E-state index contributed by atoms with van der Waals surface area (Å²) in [7, 11) is 3.72. The number of aryl methyl sites for hydroxylation is 1. The lowest BCUT2D eigenvalue weighted by Crippen LogP contribution is -2.21. The van der Waals surface area contributed by atoms with Crippen LogP contribution in [0.1, 0.15) is 16.3 Å². The van der Waals surface area contributed by atoms with E-state index in [4.69, 9.17) is 0 Å². The van der Waals surface area contributed by atoms with Gasteiger partial charge in [-0.25, -0.2) is 0 Å². The van der Waals surface area contributed by atoms with Gasteiger partial charge in [-0.3, -0.25) is 20.0 Å². The van der Waals surface area contributed by atoms with Gasteiger partial charge in [-0.1, -0.05) is 12.6 Å². The molecular weight excluding hydrogens is 412 g/mol. The molecule has 0 radical (unpaired) electrons. The molecule has 26 heavy (non-hydrogen) atoms. The Kier molecular flexibility index (Phi) is 7.68. The molecule has 2 aromatic rings. The average Bonchev–Trinajstić information content (AvgIpc) is 3.15. The zero-order valence-corrected chi connectivity index (χ0v) is 17.4. The predicted molar refractivity (Wildman–Crippen MR) is 114 cm³/mol. The highest BCUT2D eigenvalue weighted by Gasteiger charge is 2.07. The summed E-state index contributed by atoms with van der Waals surface area (Å²) in [5.74, 6) is 0.690. The minimum absolute atomic E-state index is 0.412. The third-order valence-electron chi connectivity index (χ3n) is 3.27. The van der Waals surface area contributed by atoms with Gasteiger partial charge in [0.15, 0.2) is 0 Å². The fourth-order valence-electron chi connectivity index (χ4n) is 1.94. The lowest BCUT2D eigenvalue weighted by atomic mass is 10.3. The predicted octanol–water partition coefficient (Wildman–Crippen LogP) is 3.83. The van der Waals surface area contributed by atoms with Crippen molar-refractivity contribution in [3.8, 4) is 0 Å². The lowest BCUT2D eigenvalue weighted by Gasteiger charge is -2.15. The number of hydrazone groups is 1. The van der Waals surface area contributed by atoms with E-state index < -0.39 is 0 Å². The standard InChI is InChI=1S/C18H21BrN6S/c1-13(19)9-24-25(4)18(8-16(20-3)17-6-5-7-26-17)23-12-15-11-21-14(2)10-22-15/h5-11,20H,1,12H2,2-4H3/b16-8?,23-18?,24-9-. The van der Waals surface area contributed by atoms with Crippen LogP contribution in [0.15, 0.2) is 57.1 Å². The average molecular weight is 433 g/mol. The molecule has 0 amide bonds. The zero-order chi connectivity index (χ0) is 18.9. The van der Waals surface area contributed by atoms with Gasteiger partial charge < -0.3 is 5.32 Å². The van der Waals surface area contributed by atoms with Crippen LogP contribution in [0, 0.1) is 6.92 Å². The number of rotatable bonds is 7. The number of hydrogen-bond acceptors (Lipinski definition) is 6. The molecular formula is C18H21BrN6S. The molecule has 8 heteroatoms. The van der Waals surface area contributed by atoms with E-state index in [1.807, 2.05) is 38.5 Å². The summed E-state index contributed by atoms with van der Waals surface area (Å²) in [4.78, 5) is 14.4. The zero-order valence-electron chi connectivity index (χ0n) is 15.0. The molecule has 2 heterocycles. The molecule has 0 aliphatic rings. The van der Waals surface area contributed by atoms with Crippen molar-refractivity contribution >= 4 is 45.0 Å².